The van der Waals surface area contributed by atoms with Crippen molar-refractivity contribution in [2.24, 2.45) is 5.10 Å². The molecule has 3 amide bonds. The Morgan fingerprint density at radius 3 is 2.61 bits per heavy atom. The van der Waals surface area contributed by atoms with Gasteiger partial charge in [0.2, 0.25) is 0 Å². The summed E-state index contributed by atoms with van der Waals surface area (Å²) in [5.74, 6) is -1.34. The van der Waals surface area contributed by atoms with E-state index in [0.717, 1.165) is 0 Å². The van der Waals surface area contributed by atoms with Crippen LogP contribution >= 0.6 is 11.6 Å². The van der Waals surface area contributed by atoms with Crippen LogP contribution in [0.5, 0.6) is 11.5 Å². The van der Waals surface area contributed by atoms with Crippen LogP contribution in [-0.2, 0) is 19.1 Å². The lowest BCUT2D eigenvalue weighted by Crippen LogP contribution is -2.39. The Hall–Kier alpha value is -3.63. The molecule has 2 aromatic rings. The van der Waals surface area contributed by atoms with Gasteiger partial charge in [-0.3, -0.25) is 14.4 Å². The largest absolute Gasteiger partial charge is 0.490 e. The lowest BCUT2D eigenvalue weighted by Gasteiger charge is -2.12. The molecular weight excluding hydrogens is 452 g/mol. The SMILES string of the molecule is CCOc1cc(/C=N\NC(=O)C(=O)NCCOC)ccc1OCC(=O)Nc1cccc(Cl)c1. The van der Waals surface area contributed by atoms with Gasteiger partial charge in [-0.05, 0) is 48.9 Å². The highest BCUT2D eigenvalue weighted by atomic mass is 35.5. The molecule has 0 aliphatic carbocycles. The average molecular weight is 477 g/mol. The van der Waals surface area contributed by atoms with Crippen LogP contribution in [0.1, 0.15) is 12.5 Å². The van der Waals surface area contributed by atoms with Crippen LogP contribution in [0.2, 0.25) is 5.02 Å². The van der Waals surface area contributed by atoms with E-state index in [1.165, 1.54) is 13.3 Å². The average Bonchev–Trinajstić information content (AvgIpc) is 2.78. The molecule has 0 saturated heterocycles. The van der Waals surface area contributed by atoms with Gasteiger partial charge < -0.3 is 24.8 Å². The maximum absolute atomic E-state index is 12.2. The van der Waals surface area contributed by atoms with Crippen molar-refractivity contribution in [2.45, 2.75) is 6.92 Å². The van der Waals surface area contributed by atoms with Crippen LogP contribution in [0.25, 0.3) is 0 Å². The standard InChI is InChI=1S/C22H25ClN4O6/c1-3-32-19-11-15(13-25-27-22(30)21(29)24-9-10-31-2)7-8-18(19)33-14-20(28)26-17-6-4-5-16(23)12-17/h4-8,11-13H,3,9-10,14H2,1-2H3,(H,24,29)(H,26,28)(H,27,30)/b25-13-. The summed E-state index contributed by atoms with van der Waals surface area (Å²) < 4.78 is 15.9. The first kappa shape index (κ1) is 25.6. The molecule has 10 nitrogen and oxygen atoms in total. The van der Waals surface area contributed by atoms with Crippen LogP contribution < -0.4 is 25.5 Å². The van der Waals surface area contributed by atoms with E-state index >= 15 is 0 Å². The highest BCUT2D eigenvalue weighted by molar-refractivity contribution is 6.35. The van der Waals surface area contributed by atoms with Crippen molar-refractivity contribution in [3.8, 4) is 11.5 Å². The number of nitrogens with one attached hydrogen (secondary N) is 3. The number of methoxy groups -OCH3 is 1. The van der Waals surface area contributed by atoms with E-state index in [2.05, 4.69) is 21.2 Å². The molecule has 0 aliphatic rings. The van der Waals surface area contributed by atoms with E-state index in [1.807, 2.05) is 0 Å². The maximum Gasteiger partial charge on any atom is 0.329 e. The van der Waals surface area contributed by atoms with E-state index in [1.54, 1.807) is 49.4 Å². The zero-order chi connectivity index (χ0) is 24.1. The number of carbonyl (C=O) groups excluding carboxylic acids is 3. The van der Waals surface area contributed by atoms with Gasteiger partial charge in [-0.25, -0.2) is 5.43 Å². The summed E-state index contributed by atoms with van der Waals surface area (Å²) in [5.41, 5.74) is 3.27. The number of halogens is 1. The van der Waals surface area contributed by atoms with Gasteiger partial charge in [-0.15, -0.1) is 0 Å². The summed E-state index contributed by atoms with van der Waals surface area (Å²) in [7, 11) is 1.49. The van der Waals surface area contributed by atoms with Gasteiger partial charge in [0.15, 0.2) is 18.1 Å². The Kier molecular flexibility index (Phi) is 10.6. The smallest absolute Gasteiger partial charge is 0.329 e. The summed E-state index contributed by atoms with van der Waals surface area (Å²) in [5, 5.41) is 9.34. The first-order valence-corrected chi connectivity index (χ1v) is 10.4. The van der Waals surface area contributed by atoms with Crippen LogP contribution in [0.3, 0.4) is 0 Å². The van der Waals surface area contributed by atoms with E-state index < -0.39 is 11.8 Å². The molecule has 0 unspecified atom stereocenters. The third-order valence-corrected chi connectivity index (χ3v) is 4.15. The fourth-order valence-electron chi connectivity index (χ4n) is 2.46. The van der Waals surface area contributed by atoms with Gasteiger partial charge in [-0.2, -0.15) is 5.10 Å². The van der Waals surface area contributed by atoms with Gasteiger partial charge in [0.1, 0.15) is 0 Å². The Labute approximate surface area is 196 Å². The summed E-state index contributed by atoms with van der Waals surface area (Å²) in [6.07, 6.45) is 1.35. The second kappa shape index (κ2) is 13.7. The number of hydrazone groups is 1. The predicted octanol–water partition coefficient (Wildman–Crippen LogP) is 1.97. The summed E-state index contributed by atoms with van der Waals surface area (Å²) in [6, 6.07) is 11.7. The van der Waals surface area contributed by atoms with Gasteiger partial charge in [-0.1, -0.05) is 17.7 Å². The second-order valence-corrected chi connectivity index (χ2v) is 6.87. The summed E-state index contributed by atoms with van der Waals surface area (Å²) >= 11 is 5.91. The first-order chi connectivity index (χ1) is 15.9. The molecule has 0 saturated carbocycles. The number of rotatable bonds is 11. The zero-order valence-electron chi connectivity index (χ0n) is 18.2. The molecule has 3 N–H and O–H groups in total. The van der Waals surface area contributed by atoms with Gasteiger partial charge in [0.25, 0.3) is 5.91 Å². The molecule has 0 heterocycles. The molecule has 11 heteroatoms. The molecule has 176 valence electrons. The molecule has 0 bridgehead atoms. The molecule has 0 fully saturated rings. The zero-order valence-corrected chi connectivity index (χ0v) is 19.0. The molecular formula is C22H25ClN4O6. The van der Waals surface area contributed by atoms with E-state index in [0.29, 0.717) is 41.0 Å². The van der Waals surface area contributed by atoms with Crippen LogP contribution in [-0.4, -0.2) is 57.4 Å². The molecule has 33 heavy (non-hydrogen) atoms. The van der Waals surface area contributed by atoms with Crippen LogP contribution in [0.15, 0.2) is 47.6 Å². The highest BCUT2D eigenvalue weighted by Crippen LogP contribution is 2.28. The minimum absolute atomic E-state index is 0.211. The minimum atomic E-state index is -0.905. The van der Waals surface area contributed by atoms with Gasteiger partial charge >= 0.3 is 11.8 Å². The number of hydrogen-bond donors (Lipinski definition) is 3. The molecule has 0 aliphatic heterocycles. The molecule has 0 atom stereocenters. The van der Waals surface area contributed by atoms with Crippen molar-refractivity contribution in [3.63, 3.8) is 0 Å². The Morgan fingerprint density at radius 2 is 1.88 bits per heavy atom. The number of benzene rings is 2. The van der Waals surface area contributed by atoms with Crippen molar-refractivity contribution in [1.82, 2.24) is 10.7 Å². The molecule has 2 rings (SSSR count). The van der Waals surface area contributed by atoms with Gasteiger partial charge in [0.05, 0.1) is 19.4 Å². The van der Waals surface area contributed by atoms with E-state index in [9.17, 15) is 14.4 Å². The summed E-state index contributed by atoms with van der Waals surface area (Å²) in [6.45, 7) is 2.43. The third kappa shape index (κ3) is 9.17. The van der Waals surface area contributed by atoms with Crippen molar-refractivity contribution in [2.75, 3.05) is 38.8 Å². The van der Waals surface area contributed by atoms with Crippen molar-refractivity contribution in [3.05, 3.63) is 53.1 Å². The number of nitrogens with zero attached hydrogens (tertiary/aromatic N) is 1. The van der Waals surface area contributed by atoms with Crippen molar-refractivity contribution in [1.29, 1.82) is 0 Å². The number of anilines is 1. The van der Waals surface area contributed by atoms with E-state index in [-0.39, 0.29) is 19.1 Å². The number of carbonyl (C=O) groups is 3. The van der Waals surface area contributed by atoms with Crippen molar-refractivity contribution >= 4 is 41.2 Å². The molecule has 2 aromatic carbocycles. The maximum atomic E-state index is 12.2. The third-order valence-electron chi connectivity index (χ3n) is 3.91. The molecule has 0 spiro atoms. The topological polar surface area (TPSA) is 127 Å². The Balaban J connectivity index is 1.93. The van der Waals surface area contributed by atoms with Crippen molar-refractivity contribution < 1.29 is 28.6 Å². The van der Waals surface area contributed by atoms with Gasteiger partial charge in [0, 0.05) is 24.4 Å². The van der Waals surface area contributed by atoms with Crippen LogP contribution in [0.4, 0.5) is 5.69 Å². The number of hydrogen-bond acceptors (Lipinski definition) is 7. The fraction of sp³-hybridized carbons (Fsp3) is 0.273. The first-order valence-electron chi connectivity index (χ1n) is 9.98. The quantitative estimate of drug-likeness (QED) is 0.197. The molecule has 0 aromatic heterocycles. The Bertz CT molecular complexity index is 999. The van der Waals surface area contributed by atoms with E-state index in [4.69, 9.17) is 25.8 Å². The predicted molar refractivity (Wildman–Crippen MR) is 124 cm³/mol. The minimum Gasteiger partial charge on any atom is -0.490 e. The monoisotopic (exact) mass is 476 g/mol. The second-order valence-electron chi connectivity index (χ2n) is 6.43. The normalized spacial score (nSPS) is 10.5. The number of amides is 3. The van der Waals surface area contributed by atoms with Crippen LogP contribution in [0, 0.1) is 0 Å². The lowest BCUT2D eigenvalue weighted by atomic mass is 10.2. The highest BCUT2D eigenvalue weighted by Gasteiger charge is 2.12. The fourth-order valence-corrected chi connectivity index (χ4v) is 2.65. The molecule has 0 radical (unpaired) electrons. The lowest BCUT2D eigenvalue weighted by molar-refractivity contribution is -0.139. The summed E-state index contributed by atoms with van der Waals surface area (Å²) in [4.78, 5) is 35.4. The number of ether oxygens (including phenoxy) is 3. The Morgan fingerprint density at radius 1 is 1.06 bits per heavy atom.